The van der Waals surface area contributed by atoms with Crippen LogP contribution in [-0.2, 0) is 4.74 Å². The Kier molecular flexibility index (Phi) is 2.52. The van der Waals surface area contributed by atoms with E-state index in [1.165, 1.54) is 6.42 Å². The number of ether oxygens (including phenoxy) is 1. The van der Waals surface area contributed by atoms with Gasteiger partial charge < -0.3 is 4.74 Å². The van der Waals surface area contributed by atoms with Crippen molar-refractivity contribution < 1.29 is 4.74 Å². The Bertz CT molecular complexity index is 122. The molecule has 0 spiro atoms. The van der Waals surface area contributed by atoms with Crippen LogP contribution in [0.2, 0.25) is 0 Å². The Balaban J connectivity index is 2.39. The van der Waals surface area contributed by atoms with Crippen molar-refractivity contribution in [2.24, 2.45) is 0 Å². The van der Waals surface area contributed by atoms with Gasteiger partial charge in [-0.05, 0) is 42.4 Å². The molecule has 0 saturated carbocycles. The number of halogens is 1. The maximum Gasteiger partial charge on any atom is 0.0880 e. The molecule has 0 unspecified atom stereocenters. The van der Waals surface area contributed by atoms with E-state index in [1.807, 2.05) is 0 Å². The number of hydrogen-bond donors (Lipinski definition) is 0. The van der Waals surface area contributed by atoms with Crippen molar-refractivity contribution in [2.45, 2.75) is 32.0 Å². The van der Waals surface area contributed by atoms with Crippen molar-refractivity contribution >= 4 is 22.6 Å². The van der Waals surface area contributed by atoms with Gasteiger partial charge >= 0.3 is 0 Å². The number of rotatable bonds is 1. The third kappa shape index (κ3) is 1.93. The van der Waals surface area contributed by atoms with Gasteiger partial charge in [0, 0.05) is 3.58 Å². The summed E-state index contributed by atoms with van der Waals surface area (Å²) in [5.74, 6) is 0. The molecule has 2 atom stereocenters. The molecule has 1 nitrogen and oxygen atoms in total. The summed E-state index contributed by atoms with van der Waals surface area (Å²) >= 11 is 2.24. The monoisotopic (exact) mass is 238 g/mol. The molecule has 1 aliphatic heterocycles. The Labute approximate surface area is 69.6 Å². The second kappa shape index (κ2) is 3.01. The Morgan fingerprint density at radius 3 is 2.56 bits per heavy atom. The summed E-state index contributed by atoms with van der Waals surface area (Å²) in [5, 5.41) is 0. The van der Waals surface area contributed by atoms with Gasteiger partial charge in [0.1, 0.15) is 0 Å². The molecule has 52 valence electrons. The Morgan fingerprint density at radius 2 is 2.33 bits per heavy atom. The van der Waals surface area contributed by atoms with Crippen molar-refractivity contribution in [3.63, 3.8) is 0 Å². The van der Waals surface area contributed by atoms with E-state index in [1.54, 1.807) is 0 Å². The Hall–Kier alpha value is 0.430. The minimum atomic E-state index is 0.334. The van der Waals surface area contributed by atoms with Crippen molar-refractivity contribution in [2.75, 3.05) is 0 Å². The SMILES string of the molecule is C=C(I)[C@H]1CC[C@@H](C)O1. The van der Waals surface area contributed by atoms with Crippen LogP contribution in [-0.4, -0.2) is 12.2 Å². The van der Waals surface area contributed by atoms with Gasteiger partial charge in [-0.15, -0.1) is 0 Å². The minimum absolute atomic E-state index is 0.334. The molecule has 9 heavy (non-hydrogen) atoms. The molecule has 1 saturated heterocycles. The highest BCUT2D eigenvalue weighted by Crippen LogP contribution is 2.26. The van der Waals surface area contributed by atoms with Crippen LogP contribution in [0, 0.1) is 0 Å². The van der Waals surface area contributed by atoms with Gasteiger partial charge in [-0.1, -0.05) is 6.58 Å². The van der Waals surface area contributed by atoms with E-state index in [0.717, 1.165) is 10.0 Å². The van der Waals surface area contributed by atoms with Crippen LogP contribution in [0.3, 0.4) is 0 Å². The van der Waals surface area contributed by atoms with Gasteiger partial charge in [-0.2, -0.15) is 0 Å². The summed E-state index contributed by atoms with van der Waals surface area (Å²) in [6.45, 7) is 5.94. The fourth-order valence-corrected chi connectivity index (χ4v) is 1.49. The quantitative estimate of drug-likeness (QED) is 0.637. The van der Waals surface area contributed by atoms with E-state index in [2.05, 4.69) is 36.1 Å². The van der Waals surface area contributed by atoms with Gasteiger partial charge in [-0.3, -0.25) is 0 Å². The predicted molar refractivity (Wildman–Crippen MR) is 46.7 cm³/mol. The van der Waals surface area contributed by atoms with E-state index in [4.69, 9.17) is 4.74 Å². The van der Waals surface area contributed by atoms with E-state index < -0.39 is 0 Å². The zero-order valence-corrected chi connectivity index (χ0v) is 7.72. The van der Waals surface area contributed by atoms with Gasteiger partial charge in [0.2, 0.25) is 0 Å². The highest BCUT2D eigenvalue weighted by atomic mass is 127. The van der Waals surface area contributed by atoms with Crippen LogP contribution in [0.25, 0.3) is 0 Å². The normalized spacial score (nSPS) is 34.9. The topological polar surface area (TPSA) is 9.23 Å². The summed E-state index contributed by atoms with van der Waals surface area (Å²) in [6, 6.07) is 0. The molecule has 0 aliphatic carbocycles. The standard InChI is InChI=1S/C7H11IO/c1-5-3-4-7(9-5)6(2)8/h5,7H,2-4H2,1H3/t5-,7-/m1/s1. The van der Waals surface area contributed by atoms with Gasteiger partial charge in [0.25, 0.3) is 0 Å². The lowest BCUT2D eigenvalue weighted by Gasteiger charge is -2.07. The molecule has 1 heterocycles. The highest BCUT2D eigenvalue weighted by molar-refractivity contribution is 14.1. The first kappa shape index (κ1) is 7.54. The van der Waals surface area contributed by atoms with Crippen LogP contribution in [0.5, 0.6) is 0 Å². The zero-order chi connectivity index (χ0) is 6.85. The third-order valence-corrected chi connectivity index (χ3v) is 2.28. The molecule has 0 aromatic heterocycles. The van der Waals surface area contributed by atoms with Crippen molar-refractivity contribution in [3.8, 4) is 0 Å². The lowest BCUT2D eigenvalue weighted by atomic mass is 10.2. The summed E-state index contributed by atoms with van der Waals surface area (Å²) < 4.78 is 6.65. The second-order valence-electron chi connectivity index (χ2n) is 2.46. The molecule has 2 heteroatoms. The first-order valence-corrected chi connectivity index (χ1v) is 4.28. The van der Waals surface area contributed by atoms with E-state index in [-0.39, 0.29) is 0 Å². The molecule has 0 amide bonds. The summed E-state index contributed by atoms with van der Waals surface area (Å²) in [7, 11) is 0. The molecule has 0 bridgehead atoms. The maximum atomic E-state index is 5.52. The molecular formula is C7H11IO. The fraction of sp³-hybridized carbons (Fsp3) is 0.714. The molecule has 1 rings (SSSR count). The average molecular weight is 238 g/mol. The smallest absolute Gasteiger partial charge is 0.0880 e. The number of hydrogen-bond acceptors (Lipinski definition) is 1. The summed E-state index contributed by atoms with van der Waals surface area (Å²) in [6.07, 6.45) is 3.12. The van der Waals surface area contributed by atoms with Crippen LogP contribution in [0.4, 0.5) is 0 Å². The van der Waals surface area contributed by atoms with Crippen molar-refractivity contribution in [1.29, 1.82) is 0 Å². The summed E-state index contributed by atoms with van der Waals surface area (Å²) in [5.41, 5.74) is 0. The third-order valence-electron chi connectivity index (χ3n) is 1.58. The average Bonchev–Trinajstić information content (AvgIpc) is 2.14. The fourth-order valence-electron chi connectivity index (χ4n) is 1.03. The van der Waals surface area contributed by atoms with Gasteiger partial charge in [0.15, 0.2) is 0 Å². The van der Waals surface area contributed by atoms with E-state index >= 15 is 0 Å². The lowest BCUT2D eigenvalue weighted by Crippen LogP contribution is -2.06. The van der Waals surface area contributed by atoms with Crippen LogP contribution in [0.1, 0.15) is 19.8 Å². The first-order valence-electron chi connectivity index (χ1n) is 3.20. The molecule has 0 aromatic rings. The molecular weight excluding hydrogens is 227 g/mol. The first-order chi connectivity index (χ1) is 4.20. The van der Waals surface area contributed by atoms with Crippen LogP contribution < -0.4 is 0 Å². The van der Waals surface area contributed by atoms with Gasteiger partial charge in [-0.25, -0.2) is 0 Å². The van der Waals surface area contributed by atoms with Gasteiger partial charge in [0.05, 0.1) is 12.2 Å². The molecule has 1 fully saturated rings. The van der Waals surface area contributed by atoms with Crippen molar-refractivity contribution in [3.05, 3.63) is 10.2 Å². The maximum absolute atomic E-state index is 5.52. The zero-order valence-electron chi connectivity index (χ0n) is 5.56. The Morgan fingerprint density at radius 1 is 1.67 bits per heavy atom. The minimum Gasteiger partial charge on any atom is -0.370 e. The molecule has 1 aliphatic rings. The molecule has 0 N–H and O–H groups in total. The predicted octanol–water partition coefficient (Wildman–Crippen LogP) is 2.50. The highest BCUT2D eigenvalue weighted by Gasteiger charge is 2.22. The van der Waals surface area contributed by atoms with E-state index in [0.29, 0.717) is 12.2 Å². The second-order valence-corrected chi connectivity index (χ2v) is 3.85. The molecule has 0 aromatic carbocycles. The largest absolute Gasteiger partial charge is 0.370 e. The molecule has 0 radical (unpaired) electrons. The lowest BCUT2D eigenvalue weighted by molar-refractivity contribution is 0.0825. The van der Waals surface area contributed by atoms with E-state index in [9.17, 15) is 0 Å². The summed E-state index contributed by atoms with van der Waals surface area (Å²) in [4.78, 5) is 0. The van der Waals surface area contributed by atoms with Crippen molar-refractivity contribution in [1.82, 2.24) is 0 Å². The van der Waals surface area contributed by atoms with Crippen LogP contribution >= 0.6 is 22.6 Å². The van der Waals surface area contributed by atoms with Crippen LogP contribution in [0.15, 0.2) is 10.2 Å².